The van der Waals surface area contributed by atoms with Crippen molar-refractivity contribution in [3.05, 3.63) is 34.1 Å². The van der Waals surface area contributed by atoms with Crippen molar-refractivity contribution in [2.45, 2.75) is 12.3 Å². The van der Waals surface area contributed by atoms with Gasteiger partial charge in [-0.1, -0.05) is 6.07 Å². The molecule has 0 spiro atoms. The highest BCUT2D eigenvalue weighted by molar-refractivity contribution is 9.10. The molecule has 1 unspecified atom stereocenters. The van der Waals surface area contributed by atoms with Crippen molar-refractivity contribution in [2.75, 3.05) is 13.1 Å². The Morgan fingerprint density at radius 2 is 2.31 bits per heavy atom. The maximum Gasteiger partial charge on any atom is 0.137 e. The molecule has 1 atom stereocenters. The zero-order valence-electron chi connectivity index (χ0n) is 7.19. The Labute approximate surface area is 85.5 Å². The van der Waals surface area contributed by atoms with Gasteiger partial charge in [0.1, 0.15) is 5.82 Å². The van der Waals surface area contributed by atoms with Crippen molar-refractivity contribution < 1.29 is 4.39 Å². The van der Waals surface area contributed by atoms with Gasteiger partial charge in [-0.15, -0.1) is 0 Å². The molecule has 0 aliphatic carbocycles. The summed E-state index contributed by atoms with van der Waals surface area (Å²) in [5.41, 5.74) is 1.10. The second kappa shape index (κ2) is 3.76. The molecule has 1 saturated heterocycles. The van der Waals surface area contributed by atoms with E-state index in [1.165, 1.54) is 0 Å². The normalized spacial score (nSPS) is 22.2. The van der Waals surface area contributed by atoms with Gasteiger partial charge < -0.3 is 5.32 Å². The summed E-state index contributed by atoms with van der Waals surface area (Å²) in [7, 11) is 0. The fraction of sp³-hybridized carbons (Fsp3) is 0.400. The molecular weight excluding hydrogens is 233 g/mol. The van der Waals surface area contributed by atoms with Crippen molar-refractivity contribution in [1.82, 2.24) is 5.32 Å². The SMILES string of the molecule is Fc1cc(C2CCNC2)ccc1Br. The highest BCUT2D eigenvalue weighted by Gasteiger charge is 2.17. The second-order valence-corrected chi connectivity index (χ2v) is 4.22. The van der Waals surface area contributed by atoms with Crippen molar-refractivity contribution in [3.8, 4) is 0 Å². The van der Waals surface area contributed by atoms with E-state index in [2.05, 4.69) is 21.2 Å². The molecule has 70 valence electrons. The van der Waals surface area contributed by atoms with E-state index in [4.69, 9.17) is 0 Å². The average molecular weight is 244 g/mol. The smallest absolute Gasteiger partial charge is 0.137 e. The summed E-state index contributed by atoms with van der Waals surface area (Å²) in [6.07, 6.45) is 1.11. The summed E-state index contributed by atoms with van der Waals surface area (Å²) >= 11 is 3.15. The minimum Gasteiger partial charge on any atom is -0.316 e. The minimum absolute atomic E-state index is 0.163. The van der Waals surface area contributed by atoms with E-state index in [-0.39, 0.29) is 5.82 Å². The maximum atomic E-state index is 13.2. The summed E-state index contributed by atoms with van der Waals surface area (Å²) in [5, 5.41) is 3.27. The van der Waals surface area contributed by atoms with Gasteiger partial charge in [0.15, 0.2) is 0 Å². The molecular formula is C10H11BrFN. The van der Waals surface area contributed by atoms with E-state index in [0.29, 0.717) is 10.4 Å². The second-order valence-electron chi connectivity index (χ2n) is 3.36. The van der Waals surface area contributed by atoms with E-state index >= 15 is 0 Å². The lowest BCUT2D eigenvalue weighted by Crippen LogP contribution is -2.08. The van der Waals surface area contributed by atoms with Crippen LogP contribution in [-0.4, -0.2) is 13.1 Å². The molecule has 1 fully saturated rings. The fourth-order valence-electron chi connectivity index (χ4n) is 1.71. The lowest BCUT2D eigenvalue weighted by molar-refractivity contribution is 0.614. The van der Waals surface area contributed by atoms with Gasteiger partial charge in [-0.05, 0) is 52.5 Å². The number of rotatable bonds is 1. The molecule has 13 heavy (non-hydrogen) atoms. The average Bonchev–Trinajstić information content (AvgIpc) is 2.62. The third-order valence-corrected chi connectivity index (χ3v) is 3.12. The van der Waals surface area contributed by atoms with Crippen LogP contribution in [-0.2, 0) is 0 Å². The largest absolute Gasteiger partial charge is 0.316 e. The summed E-state index contributed by atoms with van der Waals surface area (Å²) < 4.78 is 13.7. The van der Waals surface area contributed by atoms with E-state index in [0.717, 1.165) is 25.1 Å². The predicted molar refractivity (Wildman–Crippen MR) is 54.3 cm³/mol. The molecule has 1 heterocycles. The Morgan fingerprint density at radius 3 is 2.92 bits per heavy atom. The first-order chi connectivity index (χ1) is 6.27. The first-order valence-corrected chi connectivity index (χ1v) is 5.22. The molecule has 3 heteroatoms. The van der Waals surface area contributed by atoms with Crippen LogP contribution in [0.25, 0.3) is 0 Å². The van der Waals surface area contributed by atoms with Gasteiger partial charge in [0.25, 0.3) is 0 Å². The molecule has 0 amide bonds. The van der Waals surface area contributed by atoms with Crippen molar-refractivity contribution >= 4 is 15.9 Å². The topological polar surface area (TPSA) is 12.0 Å². The van der Waals surface area contributed by atoms with Crippen LogP contribution in [0.3, 0.4) is 0 Å². The highest BCUT2D eigenvalue weighted by Crippen LogP contribution is 2.25. The van der Waals surface area contributed by atoms with Crippen LogP contribution in [0.2, 0.25) is 0 Å². The third-order valence-electron chi connectivity index (χ3n) is 2.48. The van der Waals surface area contributed by atoms with Crippen molar-refractivity contribution in [2.24, 2.45) is 0 Å². The molecule has 2 rings (SSSR count). The maximum absolute atomic E-state index is 13.2. The van der Waals surface area contributed by atoms with Crippen LogP contribution in [0.5, 0.6) is 0 Å². The van der Waals surface area contributed by atoms with Crippen molar-refractivity contribution in [3.63, 3.8) is 0 Å². The summed E-state index contributed by atoms with van der Waals surface area (Å²) in [6.45, 7) is 2.02. The van der Waals surface area contributed by atoms with Gasteiger partial charge in [-0.3, -0.25) is 0 Å². The standard InChI is InChI=1S/C10H11BrFN/c11-9-2-1-7(5-10(9)12)8-3-4-13-6-8/h1-2,5,8,13H,3-4,6H2. The van der Waals surface area contributed by atoms with Crippen LogP contribution in [0.15, 0.2) is 22.7 Å². The summed E-state index contributed by atoms with van der Waals surface area (Å²) in [4.78, 5) is 0. The van der Waals surface area contributed by atoms with Crippen LogP contribution in [0.1, 0.15) is 17.9 Å². The minimum atomic E-state index is -0.163. The van der Waals surface area contributed by atoms with E-state index in [9.17, 15) is 4.39 Å². The first-order valence-electron chi connectivity index (χ1n) is 4.43. The Kier molecular flexibility index (Phi) is 2.65. The predicted octanol–water partition coefficient (Wildman–Crippen LogP) is 2.67. The summed E-state index contributed by atoms with van der Waals surface area (Å²) in [6, 6.07) is 5.40. The van der Waals surface area contributed by atoms with Gasteiger partial charge in [0, 0.05) is 6.54 Å². The van der Waals surface area contributed by atoms with Gasteiger partial charge in [0.2, 0.25) is 0 Å². The molecule has 1 aromatic carbocycles. The zero-order valence-corrected chi connectivity index (χ0v) is 8.77. The molecule has 1 aliphatic rings. The number of halogens is 2. The molecule has 1 aliphatic heterocycles. The van der Waals surface area contributed by atoms with Gasteiger partial charge in [0.05, 0.1) is 4.47 Å². The van der Waals surface area contributed by atoms with E-state index in [1.54, 1.807) is 12.1 Å². The molecule has 1 aromatic rings. The molecule has 0 aromatic heterocycles. The Bertz CT molecular complexity index is 308. The highest BCUT2D eigenvalue weighted by atomic mass is 79.9. The monoisotopic (exact) mass is 243 g/mol. The first kappa shape index (κ1) is 9.16. The molecule has 0 bridgehead atoms. The lowest BCUT2D eigenvalue weighted by Gasteiger charge is -2.08. The lowest BCUT2D eigenvalue weighted by atomic mass is 9.99. The third kappa shape index (κ3) is 1.92. The number of hydrogen-bond acceptors (Lipinski definition) is 1. The molecule has 0 radical (unpaired) electrons. The van der Waals surface area contributed by atoms with E-state index < -0.39 is 0 Å². The number of hydrogen-bond donors (Lipinski definition) is 1. The van der Waals surface area contributed by atoms with Crippen molar-refractivity contribution in [1.29, 1.82) is 0 Å². The van der Waals surface area contributed by atoms with Gasteiger partial charge >= 0.3 is 0 Å². The number of nitrogens with one attached hydrogen (secondary N) is 1. The van der Waals surface area contributed by atoms with Crippen LogP contribution in [0, 0.1) is 5.82 Å². The van der Waals surface area contributed by atoms with Crippen LogP contribution in [0.4, 0.5) is 4.39 Å². The molecule has 1 nitrogen and oxygen atoms in total. The molecule has 1 N–H and O–H groups in total. The Hall–Kier alpha value is -0.410. The van der Waals surface area contributed by atoms with Gasteiger partial charge in [-0.2, -0.15) is 0 Å². The van der Waals surface area contributed by atoms with Crippen LogP contribution < -0.4 is 5.32 Å². The Morgan fingerprint density at radius 1 is 1.46 bits per heavy atom. The zero-order chi connectivity index (χ0) is 9.26. The number of benzene rings is 1. The quantitative estimate of drug-likeness (QED) is 0.800. The van der Waals surface area contributed by atoms with Gasteiger partial charge in [-0.25, -0.2) is 4.39 Å². The molecule has 0 saturated carbocycles. The Balaban J connectivity index is 2.25. The van der Waals surface area contributed by atoms with E-state index in [1.807, 2.05) is 6.07 Å². The fourth-order valence-corrected chi connectivity index (χ4v) is 1.95. The van der Waals surface area contributed by atoms with Crippen LogP contribution >= 0.6 is 15.9 Å². The summed E-state index contributed by atoms with van der Waals surface area (Å²) in [5.74, 6) is 0.326.